The van der Waals surface area contributed by atoms with Crippen molar-refractivity contribution in [3.05, 3.63) is 45.7 Å². The summed E-state index contributed by atoms with van der Waals surface area (Å²) in [4.78, 5) is 41.2. The van der Waals surface area contributed by atoms with E-state index in [2.05, 4.69) is 20.0 Å². The maximum atomic E-state index is 13.1. The summed E-state index contributed by atoms with van der Waals surface area (Å²) in [5.74, 6) is 0.543. The number of halogens is 2. The third-order valence-electron chi connectivity index (χ3n) is 11.9. The Labute approximate surface area is 328 Å². The monoisotopic (exact) mass is 786 g/mol. The molecule has 4 unspecified atom stereocenters. The van der Waals surface area contributed by atoms with Crippen molar-refractivity contribution in [2.24, 2.45) is 11.8 Å². The Kier molecular flexibility index (Phi) is 13.9. The number of esters is 1. The predicted molar refractivity (Wildman–Crippen MR) is 210 cm³/mol. The Bertz CT molecular complexity index is 1760. The fourth-order valence-corrected chi connectivity index (χ4v) is 9.67. The topological polar surface area (TPSA) is 149 Å². The first-order chi connectivity index (χ1) is 26.1. The highest BCUT2D eigenvalue weighted by Crippen LogP contribution is 2.34. The highest BCUT2D eigenvalue weighted by molar-refractivity contribution is 6.35. The molecule has 15 heteroatoms. The fourth-order valence-electron chi connectivity index (χ4n) is 9.10. The maximum absolute atomic E-state index is 13.1. The molecule has 54 heavy (non-hydrogen) atoms. The molecule has 4 fully saturated rings. The van der Waals surface area contributed by atoms with Crippen molar-refractivity contribution in [3.63, 3.8) is 0 Å². The lowest BCUT2D eigenvalue weighted by Crippen LogP contribution is -2.56. The van der Waals surface area contributed by atoms with Gasteiger partial charge in [0.2, 0.25) is 0 Å². The van der Waals surface area contributed by atoms with E-state index < -0.39 is 0 Å². The number of hydrogen-bond donors (Lipinski definition) is 3. The van der Waals surface area contributed by atoms with E-state index in [0.717, 1.165) is 88.0 Å². The van der Waals surface area contributed by atoms with Gasteiger partial charge in [-0.05, 0) is 104 Å². The Balaban J connectivity index is 0.000000259. The van der Waals surface area contributed by atoms with E-state index in [1.807, 2.05) is 37.6 Å². The molecule has 0 bridgehead atoms. The summed E-state index contributed by atoms with van der Waals surface area (Å²) < 4.78 is 7.34. The number of nitrogens with one attached hydrogen (secondary N) is 1. The molecule has 3 N–H and O–H groups in total. The molecule has 3 aromatic rings. The van der Waals surface area contributed by atoms with Gasteiger partial charge in [0, 0.05) is 59.8 Å². The minimum Gasteiger partial charge on any atom is -0.466 e. The number of aryl methyl sites for hydroxylation is 1. The molecule has 4 aliphatic rings. The predicted octanol–water partition coefficient (Wildman–Crippen LogP) is 4.28. The minimum atomic E-state index is -0.341. The van der Waals surface area contributed by atoms with Crippen molar-refractivity contribution in [1.82, 2.24) is 34.9 Å². The minimum absolute atomic E-state index is 0.0291. The van der Waals surface area contributed by atoms with E-state index in [9.17, 15) is 19.8 Å². The maximum Gasteiger partial charge on any atom is 0.312 e. The molecule has 0 spiro atoms. The number of ketones is 1. The largest absolute Gasteiger partial charge is 0.466 e. The first kappa shape index (κ1) is 40.7. The van der Waals surface area contributed by atoms with Gasteiger partial charge in [0.15, 0.2) is 5.65 Å². The SMILES string of the molecule is CC(=O)C1CNCCC1N1CCC[C@H]1CO.CCOC(=O)C1CN(c2cnc3c(C)nn([C@H](C)c4ccc(Cl)cc4Cl)c3n2)CCC1N1CCC[C@H]1CO. The second kappa shape index (κ2) is 18.4. The first-order valence-electron chi connectivity index (χ1n) is 19.6. The summed E-state index contributed by atoms with van der Waals surface area (Å²) in [6.45, 7) is 13.0. The zero-order valence-electron chi connectivity index (χ0n) is 32.0. The molecule has 1 aromatic carbocycles. The van der Waals surface area contributed by atoms with Crippen LogP contribution in [0.1, 0.15) is 76.6 Å². The fraction of sp³-hybridized carbons (Fsp3) is 0.667. The molecule has 7 rings (SSSR count). The normalized spacial score (nSPS) is 27.1. The standard InChI is InChI=1S/C27H34Cl2N6O3.C12H22N2O2/c1-4-38-27(37)21-14-33(11-9-23(21)34-10-5-6-19(34)15-36)24-13-30-25-16(2)32-35(26(25)31-24)17(3)20-8-7-18(28)12-22(20)29;1-9(16)11-7-13-5-4-12(11)14-6-2-3-10(14)8-15/h7-8,12-13,17,19,21,23,36H,4-6,9-11,14-15H2,1-3H3;10-13,15H,2-8H2,1H3/t17-,19+,21?,23?;10-,11?,12?/m10/s1. The number of carbonyl (C=O) groups excluding carboxylic acids is 2. The molecular formula is C39H56Cl2N8O5. The molecule has 7 atom stereocenters. The molecule has 4 aliphatic heterocycles. The molecule has 0 amide bonds. The molecule has 0 saturated carbocycles. The van der Waals surface area contributed by atoms with E-state index in [4.69, 9.17) is 43.0 Å². The number of benzene rings is 1. The highest BCUT2D eigenvalue weighted by atomic mass is 35.5. The van der Waals surface area contributed by atoms with Crippen LogP contribution in [0.25, 0.3) is 11.2 Å². The van der Waals surface area contributed by atoms with Crippen molar-refractivity contribution in [3.8, 4) is 0 Å². The smallest absolute Gasteiger partial charge is 0.312 e. The van der Waals surface area contributed by atoms with Crippen molar-refractivity contribution >= 4 is 51.9 Å². The lowest BCUT2D eigenvalue weighted by atomic mass is 9.88. The van der Waals surface area contributed by atoms with Crippen LogP contribution in [0.3, 0.4) is 0 Å². The number of aromatic nitrogens is 4. The number of nitrogens with zero attached hydrogens (tertiary/aromatic N) is 7. The Morgan fingerprint density at radius 3 is 2.31 bits per heavy atom. The molecule has 0 radical (unpaired) electrons. The number of fused-ring (bicyclic) bond motifs is 1. The summed E-state index contributed by atoms with van der Waals surface area (Å²) in [5, 5.41) is 28.4. The summed E-state index contributed by atoms with van der Waals surface area (Å²) in [6, 6.07) is 6.01. The number of aliphatic hydroxyl groups is 2. The van der Waals surface area contributed by atoms with Gasteiger partial charge in [-0.1, -0.05) is 29.3 Å². The third-order valence-corrected chi connectivity index (χ3v) is 12.5. The van der Waals surface area contributed by atoms with Crippen LogP contribution in [0.2, 0.25) is 10.0 Å². The molecule has 296 valence electrons. The molecule has 6 heterocycles. The lowest BCUT2D eigenvalue weighted by molar-refractivity contribution is -0.151. The average Bonchev–Trinajstić information content (AvgIpc) is 3.93. The summed E-state index contributed by atoms with van der Waals surface area (Å²) in [5.41, 5.74) is 3.06. The van der Waals surface area contributed by atoms with Crippen LogP contribution in [-0.2, 0) is 14.3 Å². The van der Waals surface area contributed by atoms with Crippen LogP contribution in [0, 0.1) is 18.8 Å². The van der Waals surface area contributed by atoms with Gasteiger partial charge < -0.3 is 25.2 Å². The van der Waals surface area contributed by atoms with Gasteiger partial charge in [0.1, 0.15) is 17.1 Å². The van der Waals surface area contributed by atoms with Crippen molar-refractivity contribution in [2.45, 2.75) is 96.4 Å². The number of hydrogen-bond acceptors (Lipinski definition) is 12. The van der Waals surface area contributed by atoms with E-state index in [1.54, 1.807) is 19.2 Å². The quantitative estimate of drug-likeness (QED) is 0.252. The van der Waals surface area contributed by atoms with E-state index >= 15 is 0 Å². The van der Waals surface area contributed by atoms with E-state index in [0.29, 0.717) is 40.7 Å². The van der Waals surface area contributed by atoms with Gasteiger partial charge in [0.05, 0.1) is 43.7 Å². The van der Waals surface area contributed by atoms with Gasteiger partial charge in [-0.15, -0.1) is 0 Å². The number of likely N-dealkylation sites (tertiary alicyclic amines) is 2. The Morgan fingerprint density at radius 1 is 1.00 bits per heavy atom. The number of rotatable bonds is 10. The Hall–Kier alpha value is -2.91. The number of aliphatic hydroxyl groups excluding tert-OH is 2. The molecule has 0 aliphatic carbocycles. The van der Waals surface area contributed by atoms with Crippen molar-refractivity contribution < 1.29 is 24.5 Å². The van der Waals surface area contributed by atoms with Crippen LogP contribution in [0.4, 0.5) is 5.82 Å². The second-order valence-electron chi connectivity index (χ2n) is 15.1. The number of ether oxygens (including phenoxy) is 1. The zero-order valence-corrected chi connectivity index (χ0v) is 33.5. The number of Topliss-reactive ketones (excluding diaryl/α,β-unsaturated/α-hetero) is 1. The van der Waals surface area contributed by atoms with Crippen molar-refractivity contribution in [2.75, 3.05) is 64.0 Å². The summed E-state index contributed by atoms with van der Waals surface area (Å²) in [6.07, 6.45) is 7.77. The Morgan fingerprint density at radius 2 is 1.69 bits per heavy atom. The summed E-state index contributed by atoms with van der Waals surface area (Å²) >= 11 is 12.6. The van der Waals surface area contributed by atoms with Crippen LogP contribution >= 0.6 is 23.2 Å². The third kappa shape index (κ3) is 8.72. The van der Waals surface area contributed by atoms with Gasteiger partial charge in [0.25, 0.3) is 0 Å². The molecule has 2 aromatic heterocycles. The van der Waals surface area contributed by atoms with E-state index in [-0.39, 0.29) is 61.0 Å². The number of carbonyl (C=O) groups is 2. The molecular weight excluding hydrogens is 731 g/mol. The zero-order chi connectivity index (χ0) is 38.5. The van der Waals surface area contributed by atoms with Crippen LogP contribution in [0.15, 0.2) is 24.4 Å². The van der Waals surface area contributed by atoms with Crippen LogP contribution in [0.5, 0.6) is 0 Å². The van der Waals surface area contributed by atoms with Gasteiger partial charge >= 0.3 is 5.97 Å². The van der Waals surface area contributed by atoms with Gasteiger partial charge in [-0.3, -0.25) is 19.4 Å². The second-order valence-corrected chi connectivity index (χ2v) is 16.0. The van der Waals surface area contributed by atoms with Crippen molar-refractivity contribution in [1.29, 1.82) is 0 Å². The summed E-state index contributed by atoms with van der Waals surface area (Å²) in [7, 11) is 0. The van der Waals surface area contributed by atoms with E-state index in [1.165, 1.54) is 0 Å². The first-order valence-corrected chi connectivity index (χ1v) is 20.3. The van der Waals surface area contributed by atoms with Crippen LogP contribution in [-0.4, -0.2) is 135 Å². The highest BCUT2D eigenvalue weighted by Gasteiger charge is 2.43. The lowest BCUT2D eigenvalue weighted by Gasteiger charge is -2.43. The number of piperidine rings is 2. The average molecular weight is 788 g/mol. The molecule has 13 nitrogen and oxygen atoms in total. The van der Waals surface area contributed by atoms with Crippen LogP contribution < -0.4 is 10.2 Å². The molecule has 4 saturated heterocycles. The van der Waals surface area contributed by atoms with Gasteiger partial charge in [-0.25, -0.2) is 14.6 Å². The van der Waals surface area contributed by atoms with Gasteiger partial charge in [-0.2, -0.15) is 5.10 Å². The number of anilines is 1.